The number of carboxylic acids is 2. The first-order chi connectivity index (χ1) is 6.57. The second kappa shape index (κ2) is 4.27. The maximum absolute atomic E-state index is 10.8. The third-order valence-electron chi connectivity index (χ3n) is 1.54. The van der Waals surface area contributed by atoms with E-state index in [-0.39, 0.29) is 14.7 Å². The lowest BCUT2D eigenvalue weighted by Gasteiger charge is -2.01. The summed E-state index contributed by atoms with van der Waals surface area (Å²) >= 11 is -1.81. The van der Waals surface area contributed by atoms with E-state index in [1.807, 2.05) is 0 Å². The first-order valence-corrected chi connectivity index (χ1v) is 5.40. The van der Waals surface area contributed by atoms with Crippen molar-refractivity contribution in [1.82, 2.24) is 0 Å². The Morgan fingerprint density at radius 2 is 1.50 bits per heavy atom. The summed E-state index contributed by atoms with van der Waals surface area (Å²) in [5.74, 6) is -2.53. The number of rotatable bonds is 3. The largest absolute Gasteiger partial charge is 0.478 e. The minimum atomic E-state index is -1.81. The number of carbonyl (C=O) groups is 2. The topological polar surface area (TPSA) is 91.7 Å². The van der Waals surface area contributed by atoms with Crippen LogP contribution in [-0.4, -0.2) is 22.2 Å². The maximum atomic E-state index is 10.8. The monoisotopic (exact) mass is 308 g/mol. The fourth-order valence-electron chi connectivity index (χ4n) is 0.945. The summed E-state index contributed by atoms with van der Waals surface area (Å²) < 4.78 is 10.7. The van der Waals surface area contributed by atoms with Crippen LogP contribution < -0.4 is 0 Å². The molecule has 0 fully saturated rings. The molecule has 2 N–H and O–H groups in total. The highest BCUT2D eigenvalue weighted by Crippen LogP contribution is 2.21. The maximum Gasteiger partial charge on any atom is 0.336 e. The quantitative estimate of drug-likeness (QED) is 0.827. The van der Waals surface area contributed by atoms with Crippen LogP contribution in [0.3, 0.4) is 0 Å². The van der Waals surface area contributed by atoms with E-state index in [9.17, 15) is 12.7 Å². The number of hydrogen-bond donors (Lipinski definition) is 2. The molecule has 0 radical (unpaired) electrons. The van der Waals surface area contributed by atoms with Crippen molar-refractivity contribution in [3.63, 3.8) is 0 Å². The van der Waals surface area contributed by atoms with Crippen LogP contribution in [0.15, 0.2) is 18.2 Å². The van der Waals surface area contributed by atoms with Crippen LogP contribution in [0.2, 0.25) is 0 Å². The van der Waals surface area contributed by atoms with Gasteiger partial charge >= 0.3 is 11.9 Å². The fraction of sp³-hybridized carbons (Fsp3) is 0. The minimum absolute atomic E-state index is 0.0775. The van der Waals surface area contributed by atoms with Gasteiger partial charge in [0.15, 0.2) is 21.2 Å². The van der Waals surface area contributed by atoms with Crippen LogP contribution in [0.5, 0.6) is 0 Å². The summed E-state index contributed by atoms with van der Waals surface area (Å²) in [4.78, 5) is 21.3. The Hall–Kier alpha value is -1.31. The van der Waals surface area contributed by atoms with Crippen molar-refractivity contribution in [2.75, 3.05) is 0 Å². The highest BCUT2D eigenvalue weighted by Gasteiger charge is 2.17. The molecule has 0 aromatic heterocycles. The Balaban J connectivity index is 3.47. The first-order valence-electron chi connectivity index (χ1n) is 3.44. The van der Waals surface area contributed by atoms with E-state index >= 15 is 0 Å². The molecular weight excluding hydrogens is 303 g/mol. The van der Waals surface area contributed by atoms with Gasteiger partial charge in [-0.3, -0.25) is 3.07 Å². The van der Waals surface area contributed by atoms with Gasteiger partial charge in [0.1, 0.15) is 0 Å². The van der Waals surface area contributed by atoms with Gasteiger partial charge in [0.25, 0.3) is 0 Å². The Kier molecular flexibility index (Phi) is 3.28. The standard InChI is InChI=1S/C8H5IO5/c10-7(11)4-2-1-3-5(8(12)13)6(4)9-14/h1-3H,(H,10,11)(H,12,13). The predicted molar refractivity (Wildman–Crippen MR) is 53.8 cm³/mol. The number of hydrogen-bond acceptors (Lipinski definition) is 3. The summed E-state index contributed by atoms with van der Waals surface area (Å²) in [7, 11) is 0. The second-order valence-corrected chi connectivity index (χ2v) is 3.87. The van der Waals surface area contributed by atoms with Crippen molar-refractivity contribution in [1.29, 1.82) is 0 Å². The van der Waals surface area contributed by atoms with Crippen molar-refractivity contribution >= 4 is 33.1 Å². The molecule has 14 heavy (non-hydrogen) atoms. The summed E-state index contributed by atoms with van der Waals surface area (Å²) in [6, 6.07) is 3.79. The van der Waals surface area contributed by atoms with Gasteiger partial charge in [0, 0.05) is 0 Å². The summed E-state index contributed by atoms with van der Waals surface area (Å²) in [6.07, 6.45) is 0. The summed E-state index contributed by atoms with van der Waals surface area (Å²) in [5.41, 5.74) is -0.402. The van der Waals surface area contributed by atoms with Crippen molar-refractivity contribution in [2.45, 2.75) is 0 Å². The lowest BCUT2D eigenvalue weighted by molar-refractivity contribution is 0.0695. The van der Waals surface area contributed by atoms with Crippen LogP contribution in [0, 0.1) is 3.57 Å². The van der Waals surface area contributed by atoms with Gasteiger partial charge in [-0.1, -0.05) is 6.07 Å². The molecule has 5 nitrogen and oxygen atoms in total. The number of halogens is 1. The van der Waals surface area contributed by atoms with Crippen molar-refractivity contribution in [3.05, 3.63) is 32.9 Å². The minimum Gasteiger partial charge on any atom is -0.478 e. The molecule has 74 valence electrons. The van der Waals surface area contributed by atoms with E-state index in [1.54, 1.807) is 0 Å². The number of benzene rings is 1. The normalized spacial score (nSPS) is 9.71. The second-order valence-electron chi connectivity index (χ2n) is 2.35. The molecule has 1 rings (SSSR count). The van der Waals surface area contributed by atoms with Crippen LogP contribution in [0.4, 0.5) is 0 Å². The van der Waals surface area contributed by atoms with Gasteiger partial charge in [0.05, 0.1) is 14.7 Å². The molecule has 0 heterocycles. The number of carboxylic acid groups (broad SMARTS) is 2. The Morgan fingerprint density at radius 1 is 1.07 bits per heavy atom. The molecule has 0 spiro atoms. The van der Waals surface area contributed by atoms with E-state index in [0.717, 1.165) is 0 Å². The molecular formula is C8H5IO5. The smallest absolute Gasteiger partial charge is 0.336 e. The lowest BCUT2D eigenvalue weighted by atomic mass is 10.1. The molecule has 0 aliphatic rings. The summed E-state index contributed by atoms with van der Waals surface area (Å²) in [6.45, 7) is 0. The Labute approximate surface area is 89.0 Å². The molecule has 0 unspecified atom stereocenters. The molecule has 0 aliphatic carbocycles. The fourth-order valence-corrected chi connectivity index (χ4v) is 2.24. The zero-order valence-electron chi connectivity index (χ0n) is 6.73. The highest BCUT2D eigenvalue weighted by atomic mass is 127. The van der Waals surface area contributed by atoms with E-state index in [4.69, 9.17) is 10.2 Å². The van der Waals surface area contributed by atoms with Gasteiger partial charge in [-0.2, -0.15) is 0 Å². The van der Waals surface area contributed by atoms with Crippen LogP contribution in [0.25, 0.3) is 0 Å². The van der Waals surface area contributed by atoms with E-state index in [1.165, 1.54) is 18.2 Å². The third-order valence-corrected chi connectivity index (χ3v) is 3.14. The van der Waals surface area contributed by atoms with Crippen LogP contribution >= 0.6 is 21.2 Å². The SMILES string of the molecule is O=Ic1c(C(=O)O)cccc1C(=O)O. The van der Waals surface area contributed by atoms with E-state index in [0.29, 0.717) is 0 Å². The molecule has 0 aliphatic heterocycles. The number of aromatic carboxylic acids is 2. The molecule has 0 saturated heterocycles. The predicted octanol–water partition coefficient (Wildman–Crippen LogP) is 1.57. The van der Waals surface area contributed by atoms with Crippen molar-refractivity contribution in [3.8, 4) is 0 Å². The van der Waals surface area contributed by atoms with Gasteiger partial charge in [-0.05, 0) is 12.1 Å². The molecule has 0 saturated carbocycles. The molecule has 6 heteroatoms. The summed E-state index contributed by atoms with van der Waals surface area (Å²) in [5, 5.41) is 17.4. The first kappa shape index (κ1) is 10.8. The highest BCUT2D eigenvalue weighted by molar-refractivity contribution is 14.1. The Morgan fingerprint density at radius 3 is 1.79 bits per heavy atom. The Bertz CT molecular complexity index is 380. The molecule has 0 amide bonds. The average Bonchev–Trinajstić information content (AvgIpc) is 2.16. The third kappa shape index (κ3) is 1.95. The van der Waals surface area contributed by atoms with Gasteiger partial charge < -0.3 is 10.2 Å². The lowest BCUT2D eigenvalue weighted by Crippen LogP contribution is -2.06. The van der Waals surface area contributed by atoms with Crippen molar-refractivity contribution in [2.24, 2.45) is 0 Å². The van der Waals surface area contributed by atoms with Crippen LogP contribution in [0.1, 0.15) is 20.7 Å². The van der Waals surface area contributed by atoms with E-state index < -0.39 is 33.1 Å². The van der Waals surface area contributed by atoms with Gasteiger partial charge in [-0.25, -0.2) is 9.59 Å². The van der Waals surface area contributed by atoms with E-state index in [2.05, 4.69) is 0 Å². The van der Waals surface area contributed by atoms with Gasteiger partial charge in [-0.15, -0.1) is 0 Å². The van der Waals surface area contributed by atoms with Crippen molar-refractivity contribution < 1.29 is 22.9 Å². The average molecular weight is 308 g/mol. The van der Waals surface area contributed by atoms with Gasteiger partial charge in [0.2, 0.25) is 0 Å². The molecule has 0 bridgehead atoms. The van der Waals surface area contributed by atoms with Crippen LogP contribution in [-0.2, 0) is 3.07 Å². The molecule has 1 aromatic carbocycles. The molecule has 1 aromatic rings. The molecule has 0 atom stereocenters. The zero-order valence-corrected chi connectivity index (χ0v) is 8.89. The zero-order chi connectivity index (χ0) is 10.7.